The van der Waals surface area contributed by atoms with Gasteiger partial charge in [-0.15, -0.1) is 0 Å². The molecule has 0 aliphatic carbocycles. The molecule has 1 amide bonds. The number of nitrogens with zero attached hydrogens (tertiary/aromatic N) is 2. The molecular weight excluding hydrogens is 457 g/mol. The van der Waals surface area contributed by atoms with Crippen molar-refractivity contribution in [1.82, 2.24) is 4.90 Å². The summed E-state index contributed by atoms with van der Waals surface area (Å²) in [6.45, 7) is 3.24. The maximum atomic E-state index is 13.9. The highest BCUT2D eigenvalue weighted by Gasteiger charge is 2.21. The number of rotatable bonds is 7. The van der Waals surface area contributed by atoms with Crippen molar-refractivity contribution in [2.24, 2.45) is 0 Å². The van der Waals surface area contributed by atoms with Gasteiger partial charge in [0.1, 0.15) is 5.82 Å². The molecule has 0 atom stereocenters. The Hall–Kier alpha value is -3.43. The number of ether oxygens (including phenoxy) is 1. The Morgan fingerprint density at radius 1 is 1.03 bits per heavy atom. The average molecular weight is 484 g/mol. The van der Waals surface area contributed by atoms with Crippen LogP contribution >= 0.6 is 0 Å². The van der Waals surface area contributed by atoms with Gasteiger partial charge in [-0.2, -0.15) is 0 Å². The molecule has 7 nitrogen and oxygen atoms in total. The molecule has 1 heterocycles. The van der Waals surface area contributed by atoms with Crippen LogP contribution in [0.4, 0.5) is 15.8 Å². The van der Waals surface area contributed by atoms with Crippen molar-refractivity contribution in [3.8, 4) is 0 Å². The Kier molecular flexibility index (Phi) is 7.14. The summed E-state index contributed by atoms with van der Waals surface area (Å²) in [7, 11) is -2.40. The molecule has 178 valence electrons. The van der Waals surface area contributed by atoms with Crippen LogP contribution < -0.4 is 9.62 Å². The van der Waals surface area contributed by atoms with E-state index in [1.165, 1.54) is 42.5 Å². The zero-order valence-electron chi connectivity index (χ0n) is 18.8. The number of nitrogens with one attached hydrogen (secondary N) is 1. The third kappa shape index (κ3) is 5.37. The second kappa shape index (κ2) is 10.2. The molecule has 0 aromatic heterocycles. The summed E-state index contributed by atoms with van der Waals surface area (Å²) in [5.41, 5.74) is 2.11. The van der Waals surface area contributed by atoms with Crippen LogP contribution in [-0.2, 0) is 21.3 Å². The van der Waals surface area contributed by atoms with E-state index in [4.69, 9.17) is 4.74 Å². The molecule has 1 aliphatic heterocycles. The summed E-state index contributed by atoms with van der Waals surface area (Å²) in [5, 5.41) is 0. The molecule has 0 radical (unpaired) electrons. The highest BCUT2D eigenvalue weighted by atomic mass is 32.2. The highest BCUT2D eigenvalue weighted by Crippen LogP contribution is 2.24. The summed E-state index contributed by atoms with van der Waals surface area (Å²) in [6.07, 6.45) is 0. The fourth-order valence-corrected chi connectivity index (χ4v) is 4.96. The van der Waals surface area contributed by atoms with E-state index in [-0.39, 0.29) is 22.1 Å². The number of morpholine rings is 1. The van der Waals surface area contributed by atoms with Crippen molar-refractivity contribution < 1.29 is 22.3 Å². The number of anilines is 2. The molecule has 1 fully saturated rings. The molecule has 3 aromatic rings. The molecule has 1 N–H and O–H groups in total. The molecule has 1 saturated heterocycles. The van der Waals surface area contributed by atoms with Gasteiger partial charge in [0, 0.05) is 37.9 Å². The van der Waals surface area contributed by atoms with Gasteiger partial charge in [-0.1, -0.05) is 36.4 Å². The van der Waals surface area contributed by atoms with E-state index in [1.54, 1.807) is 18.0 Å². The zero-order chi connectivity index (χ0) is 24.1. The Morgan fingerprint density at radius 3 is 2.50 bits per heavy atom. The number of hydrogen-bond acceptors (Lipinski definition) is 5. The van der Waals surface area contributed by atoms with Gasteiger partial charge in [-0.25, -0.2) is 12.8 Å². The SMILES string of the molecule is CN(Cc1ccccc1N1CCOCC1)C(=O)c1cccc(S(=O)(=O)Nc2ccccc2F)c1. The van der Waals surface area contributed by atoms with Crippen LogP contribution in [0.15, 0.2) is 77.7 Å². The Bertz CT molecular complexity index is 1280. The lowest BCUT2D eigenvalue weighted by molar-refractivity contribution is 0.0784. The number of carbonyl (C=O) groups excluding carboxylic acids is 1. The molecule has 4 rings (SSSR count). The van der Waals surface area contributed by atoms with Crippen molar-refractivity contribution in [3.05, 3.63) is 89.7 Å². The van der Waals surface area contributed by atoms with Crippen LogP contribution in [0.25, 0.3) is 0 Å². The normalized spacial score (nSPS) is 14.0. The van der Waals surface area contributed by atoms with Crippen LogP contribution in [0.5, 0.6) is 0 Å². The summed E-state index contributed by atoms with van der Waals surface area (Å²) in [6, 6.07) is 19.1. The van der Waals surface area contributed by atoms with Gasteiger partial charge < -0.3 is 14.5 Å². The number of carbonyl (C=O) groups is 1. The maximum Gasteiger partial charge on any atom is 0.262 e. The van der Waals surface area contributed by atoms with E-state index < -0.39 is 15.8 Å². The largest absolute Gasteiger partial charge is 0.378 e. The van der Waals surface area contributed by atoms with Gasteiger partial charge in [0.25, 0.3) is 15.9 Å². The van der Waals surface area contributed by atoms with E-state index in [2.05, 4.69) is 9.62 Å². The Labute approximate surface area is 198 Å². The van der Waals surface area contributed by atoms with Crippen LogP contribution in [0.3, 0.4) is 0 Å². The number of para-hydroxylation sites is 2. The minimum Gasteiger partial charge on any atom is -0.378 e. The second-order valence-electron chi connectivity index (χ2n) is 8.00. The number of benzene rings is 3. The topological polar surface area (TPSA) is 79.0 Å². The highest BCUT2D eigenvalue weighted by molar-refractivity contribution is 7.92. The lowest BCUT2D eigenvalue weighted by Crippen LogP contribution is -2.37. The van der Waals surface area contributed by atoms with Crippen molar-refractivity contribution in [2.45, 2.75) is 11.4 Å². The van der Waals surface area contributed by atoms with Crippen LogP contribution in [0.1, 0.15) is 15.9 Å². The van der Waals surface area contributed by atoms with Gasteiger partial charge >= 0.3 is 0 Å². The van der Waals surface area contributed by atoms with E-state index in [9.17, 15) is 17.6 Å². The van der Waals surface area contributed by atoms with Gasteiger partial charge in [-0.3, -0.25) is 9.52 Å². The Balaban J connectivity index is 1.52. The summed E-state index contributed by atoms with van der Waals surface area (Å²) < 4.78 is 47.2. The van der Waals surface area contributed by atoms with Crippen molar-refractivity contribution in [1.29, 1.82) is 0 Å². The molecule has 1 aliphatic rings. The first-order valence-electron chi connectivity index (χ1n) is 10.9. The minimum absolute atomic E-state index is 0.122. The monoisotopic (exact) mass is 483 g/mol. The zero-order valence-corrected chi connectivity index (χ0v) is 19.6. The lowest BCUT2D eigenvalue weighted by atomic mass is 10.1. The second-order valence-corrected chi connectivity index (χ2v) is 9.68. The Morgan fingerprint density at radius 2 is 1.74 bits per heavy atom. The van der Waals surface area contributed by atoms with E-state index in [1.807, 2.05) is 24.3 Å². The van der Waals surface area contributed by atoms with Gasteiger partial charge in [0.15, 0.2) is 0 Å². The van der Waals surface area contributed by atoms with Crippen LogP contribution in [-0.4, -0.2) is 52.6 Å². The predicted molar refractivity (Wildman–Crippen MR) is 129 cm³/mol. The van der Waals surface area contributed by atoms with Crippen molar-refractivity contribution in [3.63, 3.8) is 0 Å². The van der Waals surface area contributed by atoms with E-state index in [0.29, 0.717) is 19.8 Å². The minimum atomic E-state index is -4.08. The maximum absolute atomic E-state index is 13.9. The third-order valence-corrected chi connectivity index (χ3v) is 6.97. The van der Waals surface area contributed by atoms with Crippen LogP contribution in [0.2, 0.25) is 0 Å². The standard InChI is InChI=1S/C25H26FN3O4S/c1-28(18-20-7-2-5-12-24(20)29-13-15-33-16-14-29)25(30)19-8-6-9-21(17-19)34(31,32)27-23-11-4-3-10-22(23)26/h2-12,17,27H,13-16,18H2,1H3. The molecule has 0 spiro atoms. The summed E-state index contributed by atoms with van der Waals surface area (Å²) >= 11 is 0. The van der Waals surface area contributed by atoms with E-state index in [0.717, 1.165) is 24.3 Å². The molecule has 34 heavy (non-hydrogen) atoms. The number of hydrogen-bond donors (Lipinski definition) is 1. The molecule has 0 saturated carbocycles. The van der Waals surface area contributed by atoms with Crippen molar-refractivity contribution in [2.75, 3.05) is 43.0 Å². The molecule has 3 aromatic carbocycles. The molecular formula is C25H26FN3O4S. The fourth-order valence-electron chi connectivity index (χ4n) is 3.85. The van der Waals surface area contributed by atoms with Gasteiger partial charge in [-0.05, 0) is 42.0 Å². The first kappa shape index (κ1) is 23.7. The van der Waals surface area contributed by atoms with E-state index >= 15 is 0 Å². The first-order valence-corrected chi connectivity index (χ1v) is 12.4. The average Bonchev–Trinajstić information content (AvgIpc) is 2.86. The van der Waals surface area contributed by atoms with Crippen LogP contribution in [0, 0.1) is 5.82 Å². The quantitative estimate of drug-likeness (QED) is 0.554. The predicted octanol–water partition coefficient (Wildman–Crippen LogP) is 3.74. The fraction of sp³-hybridized carbons (Fsp3) is 0.240. The van der Waals surface area contributed by atoms with Gasteiger partial charge in [0.05, 0.1) is 23.8 Å². The smallest absolute Gasteiger partial charge is 0.262 e. The molecule has 0 bridgehead atoms. The van der Waals surface area contributed by atoms with Crippen molar-refractivity contribution >= 4 is 27.3 Å². The third-order valence-electron chi connectivity index (χ3n) is 5.61. The summed E-state index contributed by atoms with van der Waals surface area (Å²) in [4.78, 5) is 16.8. The number of halogens is 1. The lowest BCUT2D eigenvalue weighted by Gasteiger charge is -2.31. The number of sulfonamides is 1. The summed E-state index contributed by atoms with van der Waals surface area (Å²) in [5.74, 6) is -1.00. The number of amides is 1. The first-order chi connectivity index (χ1) is 16.3. The molecule has 0 unspecified atom stereocenters. The van der Waals surface area contributed by atoms with Gasteiger partial charge in [0.2, 0.25) is 0 Å². The molecule has 9 heteroatoms.